The second kappa shape index (κ2) is 4.61. The lowest BCUT2D eigenvalue weighted by Crippen LogP contribution is -2.13. The number of primary sulfonamides is 1. The van der Waals surface area contributed by atoms with Crippen LogP contribution in [0.3, 0.4) is 0 Å². The number of sulfonamides is 1. The van der Waals surface area contributed by atoms with E-state index in [1.54, 1.807) is 36.4 Å². The number of nitrogen functional groups attached to an aromatic ring is 1. The van der Waals surface area contributed by atoms with E-state index in [2.05, 4.69) is 0 Å². The van der Waals surface area contributed by atoms with Crippen molar-refractivity contribution in [3.05, 3.63) is 47.5 Å². The molecule has 4 nitrogen and oxygen atoms in total. The fourth-order valence-corrected chi connectivity index (χ4v) is 2.59. The van der Waals surface area contributed by atoms with Crippen LogP contribution in [0, 0.1) is 0 Å². The van der Waals surface area contributed by atoms with Gasteiger partial charge in [-0.1, -0.05) is 35.9 Å². The van der Waals surface area contributed by atoms with Gasteiger partial charge in [0.2, 0.25) is 10.0 Å². The molecule has 0 radical (unpaired) electrons. The molecular weight excluding hydrogens is 272 g/mol. The minimum atomic E-state index is -3.78. The van der Waals surface area contributed by atoms with Crippen molar-refractivity contribution in [1.82, 2.24) is 0 Å². The van der Waals surface area contributed by atoms with Crippen LogP contribution in [0.15, 0.2) is 47.4 Å². The number of benzene rings is 2. The smallest absolute Gasteiger partial charge is 0.238 e. The Morgan fingerprint density at radius 1 is 1.06 bits per heavy atom. The second-order valence-electron chi connectivity index (χ2n) is 3.78. The van der Waals surface area contributed by atoms with Gasteiger partial charge in [0.1, 0.15) is 0 Å². The van der Waals surface area contributed by atoms with Crippen molar-refractivity contribution in [2.45, 2.75) is 4.90 Å². The van der Waals surface area contributed by atoms with Gasteiger partial charge in [0.25, 0.3) is 0 Å². The third kappa shape index (κ3) is 2.48. The summed E-state index contributed by atoms with van der Waals surface area (Å²) in [7, 11) is -3.78. The Morgan fingerprint density at radius 2 is 1.72 bits per heavy atom. The van der Waals surface area contributed by atoms with Gasteiger partial charge in [-0.3, -0.25) is 0 Å². The van der Waals surface area contributed by atoms with Gasteiger partial charge in [-0.15, -0.1) is 0 Å². The summed E-state index contributed by atoms with van der Waals surface area (Å²) in [6, 6.07) is 11.4. The van der Waals surface area contributed by atoms with E-state index in [-0.39, 0.29) is 4.90 Å². The van der Waals surface area contributed by atoms with Gasteiger partial charge < -0.3 is 5.73 Å². The number of halogens is 1. The Labute approximate surface area is 110 Å². The molecule has 2 aromatic carbocycles. The molecule has 0 spiro atoms. The van der Waals surface area contributed by atoms with Gasteiger partial charge in [-0.05, 0) is 23.8 Å². The number of rotatable bonds is 2. The van der Waals surface area contributed by atoms with Crippen LogP contribution in [-0.4, -0.2) is 8.42 Å². The highest BCUT2D eigenvalue weighted by atomic mass is 35.5. The highest BCUT2D eigenvalue weighted by Crippen LogP contribution is 2.30. The summed E-state index contributed by atoms with van der Waals surface area (Å²) in [5.74, 6) is 0. The van der Waals surface area contributed by atoms with Crippen LogP contribution in [0.25, 0.3) is 11.1 Å². The molecule has 0 aliphatic carbocycles. The van der Waals surface area contributed by atoms with E-state index in [0.717, 1.165) is 0 Å². The minimum Gasteiger partial charge on any atom is -0.398 e. The fraction of sp³-hybridized carbons (Fsp3) is 0. The number of hydrogen-bond donors (Lipinski definition) is 2. The lowest BCUT2D eigenvalue weighted by Gasteiger charge is -2.08. The highest BCUT2D eigenvalue weighted by Gasteiger charge is 2.14. The lowest BCUT2D eigenvalue weighted by atomic mass is 10.1. The summed E-state index contributed by atoms with van der Waals surface area (Å²) < 4.78 is 23.0. The molecule has 2 rings (SSSR count). The maximum Gasteiger partial charge on any atom is 0.238 e. The molecule has 0 fully saturated rings. The summed E-state index contributed by atoms with van der Waals surface area (Å²) >= 11 is 5.92. The summed E-state index contributed by atoms with van der Waals surface area (Å²) in [5.41, 5.74) is 7.21. The van der Waals surface area contributed by atoms with Gasteiger partial charge in [0.05, 0.1) is 15.6 Å². The topological polar surface area (TPSA) is 86.2 Å². The maximum absolute atomic E-state index is 11.5. The van der Waals surface area contributed by atoms with Crippen molar-refractivity contribution in [2.24, 2.45) is 5.14 Å². The molecule has 4 N–H and O–H groups in total. The van der Waals surface area contributed by atoms with Gasteiger partial charge >= 0.3 is 0 Å². The molecule has 6 heteroatoms. The molecule has 0 amide bonds. The summed E-state index contributed by atoms with van der Waals surface area (Å²) in [5, 5.41) is 5.55. The molecule has 0 saturated carbocycles. The van der Waals surface area contributed by atoms with Crippen molar-refractivity contribution in [1.29, 1.82) is 0 Å². The maximum atomic E-state index is 11.5. The molecular formula is C12H11ClN2O2S. The molecule has 0 saturated heterocycles. The number of anilines is 1. The zero-order valence-electron chi connectivity index (χ0n) is 9.30. The average Bonchev–Trinajstić information content (AvgIpc) is 2.32. The van der Waals surface area contributed by atoms with E-state index in [9.17, 15) is 8.42 Å². The first kappa shape index (κ1) is 12.9. The van der Waals surface area contributed by atoms with Crippen LogP contribution in [0.2, 0.25) is 5.02 Å². The van der Waals surface area contributed by atoms with E-state index in [4.69, 9.17) is 22.5 Å². The van der Waals surface area contributed by atoms with Gasteiger partial charge in [-0.25, -0.2) is 13.6 Å². The fourth-order valence-electron chi connectivity index (χ4n) is 1.65. The zero-order chi connectivity index (χ0) is 13.3. The quantitative estimate of drug-likeness (QED) is 0.828. The SMILES string of the molecule is Nc1ccc(-c2ccccc2S(N)(=O)=O)cc1Cl. The van der Waals surface area contributed by atoms with E-state index < -0.39 is 10.0 Å². The summed E-state index contributed by atoms with van der Waals surface area (Å²) in [6.07, 6.45) is 0. The van der Waals surface area contributed by atoms with E-state index in [1.807, 2.05) is 0 Å². The Balaban J connectivity index is 2.68. The van der Waals surface area contributed by atoms with Crippen molar-refractivity contribution < 1.29 is 8.42 Å². The summed E-state index contributed by atoms with van der Waals surface area (Å²) in [6.45, 7) is 0. The molecule has 0 heterocycles. The lowest BCUT2D eigenvalue weighted by molar-refractivity contribution is 0.598. The molecule has 0 aliphatic rings. The highest BCUT2D eigenvalue weighted by molar-refractivity contribution is 7.89. The van der Waals surface area contributed by atoms with Crippen LogP contribution in [0.4, 0.5) is 5.69 Å². The van der Waals surface area contributed by atoms with Crippen molar-refractivity contribution in [3.63, 3.8) is 0 Å². The Bertz CT molecular complexity index is 699. The monoisotopic (exact) mass is 282 g/mol. The van der Waals surface area contributed by atoms with Crippen LogP contribution in [0.5, 0.6) is 0 Å². The van der Waals surface area contributed by atoms with Crippen molar-refractivity contribution >= 4 is 27.3 Å². The molecule has 2 aromatic rings. The van der Waals surface area contributed by atoms with Crippen LogP contribution in [0.1, 0.15) is 0 Å². The molecule has 0 bridgehead atoms. The van der Waals surface area contributed by atoms with Crippen LogP contribution >= 0.6 is 11.6 Å². The standard InChI is InChI=1S/C12H11ClN2O2S/c13-10-7-8(5-6-11(10)14)9-3-1-2-4-12(9)18(15,16)17/h1-7H,14H2,(H2,15,16,17). The number of nitrogens with two attached hydrogens (primary N) is 2. The molecule has 0 unspecified atom stereocenters. The van der Waals surface area contributed by atoms with Crippen molar-refractivity contribution in [3.8, 4) is 11.1 Å². The van der Waals surface area contributed by atoms with Gasteiger partial charge in [0, 0.05) is 5.56 Å². The minimum absolute atomic E-state index is 0.0610. The first-order valence-electron chi connectivity index (χ1n) is 5.07. The second-order valence-corrected chi connectivity index (χ2v) is 5.71. The van der Waals surface area contributed by atoms with Crippen LogP contribution < -0.4 is 10.9 Å². The van der Waals surface area contributed by atoms with E-state index in [1.165, 1.54) is 6.07 Å². The van der Waals surface area contributed by atoms with Crippen molar-refractivity contribution in [2.75, 3.05) is 5.73 Å². The normalized spacial score (nSPS) is 11.4. The molecule has 94 valence electrons. The first-order chi connectivity index (χ1) is 8.39. The predicted molar refractivity (Wildman–Crippen MR) is 72.7 cm³/mol. The largest absolute Gasteiger partial charge is 0.398 e. The number of hydrogen-bond acceptors (Lipinski definition) is 3. The molecule has 0 aliphatic heterocycles. The average molecular weight is 283 g/mol. The molecule has 18 heavy (non-hydrogen) atoms. The first-order valence-corrected chi connectivity index (χ1v) is 6.99. The Hall–Kier alpha value is -1.56. The third-order valence-corrected chi connectivity index (χ3v) is 3.80. The third-order valence-electron chi connectivity index (χ3n) is 2.51. The summed E-state index contributed by atoms with van der Waals surface area (Å²) in [4.78, 5) is 0.0610. The Kier molecular flexibility index (Phi) is 3.30. The Morgan fingerprint density at radius 3 is 2.33 bits per heavy atom. The molecule has 0 atom stereocenters. The van der Waals surface area contributed by atoms with Gasteiger partial charge in [0.15, 0.2) is 0 Å². The molecule has 0 aromatic heterocycles. The van der Waals surface area contributed by atoms with Crippen LogP contribution in [-0.2, 0) is 10.0 Å². The predicted octanol–water partition coefficient (Wildman–Crippen LogP) is 2.24. The van der Waals surface area contributed by atoms with E-state index >= 15 is 0 Å². The van der Waals surface area contributed by atoms with Gasteiger partial charge in [-0.2, -0.15) is 0 Å². The van der Waals surface area contributed by atoms with E-state index in [0.29, 0.717) is 21.8 Å². The zero-order valence-corrected chi connectivity index (χ0v) is 10.9.